The van der Waals surface area contributed by atoms with Crippen molar-refractivity contribution in [1.82, 2.24) is 5.32 Å². The summed E-state index contributed by atoms with van der Waals surface area (Å²) >= 11 is 0. The van der Waals surface area contributed by atoms with Gasteiger partial charge in [-0.1, -0.05) is 27.2 Å². The fourth-order valence-corrected chi connectivity index (χ4v) is 3.62. The predicted octanol–water partition coefficient (Wildman–Crippen LogP) is 1.93. The quantitative estimate of drug-likeness (QED) is 0.831. The van der Waals surface area contributed by atoms with Gasteiger partial charge in [-0.2, -0.15) is 0 Å². The Morgan fingerprint density at radius 1 is 1.40 bits per heavy atom. The highest BCUT2D eigenvalue weighted by Crippen LogP contribution is 2.35. The molecule has 1 saturated carbocycles. The molecule has 0 bridgehead atoms. The minimum Gasteiger partial charge on any atom is -0.379 e. The van der Waals surface area contributed by atoms with E-state index in [1.165, 1.54) is 12.8 Å². The molecule has 5 unspecified atom stereocenters. The summed E-state index contributed by atoms with van der Waals surface area (Å²) in [4.78, 5) is 12.6. The summed E-state index contributed by atoms with van der Waals surface area (Å²) in [5, 5.41) is 3.29. The van der Waals surface area contributed by atoms with E-state index in [2.05, 4.69) is 26.1 Å². The van der Waals surface area contributed by atoms with Gasteiger partial charge in [-0.05, 0) is 37.5 Å². The van der Waals surface area contributed by atoms with Gasteiger partial charge in [0, 0.05) is 12.1 Å². The van der Waals surface area contributed by atoms with Gasteiger partial charge in [0.05, 0.1) is 18.6 Å². The molecule has 1 heterocycles. The molecule has 0 radical (unpaired) electrons. The third-order valence-corrected chi connectivity index (χ3v) is 5.38. The lowest BCUT2D eigenvalue weighted by Gasteiger charge is -2.39. The molecule has 116 valence electrons. The first-order valence-electron chi connectivity index (χ1n) is 7.99. The highest BCUT2D eigenvalue weighted by atomic mass is 16.5. The minimum atomic E-state index is -0.567. The Kier molecular flexibility index (Phi) is 4.75. The molecule has 4 heteroatoms. The number of hydrogen-bond donors (Lipinski definition) is 2. The van der Waals surface area contributed by atoms with E-state index in [0.717, 1.165) is 6.42 Å². The smallest absolute Gasteiger partial charge is 0.230 e. The molecule has 5 atom stereocenters. The van der Waals surface area contributed by atoms with E-state index in [9.17, 15) is 4.79 Å². The van der Waals surface area contributed by atoms with Gasteiger partial charge < -0.3 is 15.8 Å². The van der Waals surface area contributed by atoms with Crippen molar-refractivity contribution in [3.8, 4) is 0 Å². The van der Waals surface area contributed by atoms with Crippen molar-refractivity contribution in [2.45, 2.75) is 59.0 Å². The second-order valence-corrected chi connectivity index (χ2v) is 7.45. The Labute approximate surface area is 122 Å². The van der Waals surface area contributed by atoms with Gasteiger partial charge in [-0.3, -0.25) is 4.79 Å². The Balaban J connectivity index is 2.04. The van der Waals surface area contributed by atoms with Crippen LogP contribution in [-0.4, -0.2) is 31.2 Å². The first kappa shape index (κ1) is 15.8. The zero-order valence-corrected chi connectivity index (χ0v) is 13.3. The van der Waals surface area contributed by atoms with Crippen LogP contribution in [0.15, 0.2) is 0 Å². The molecule has 2 aliphatic rings. The van der Waals surface area contributed by atoms with Crippen molar-refractivity contribution in [1.29, 1.82) is 0 Å². The van der Waals surface area contributed by atoms with Crippen molar-refractivity contribution in [3.05, 3.63) is 0 Å². The number of amides is 1. The SMILES string of the molecule is CC1CCC(C(C)C)C(NC(=O)C2(C)COCC2N)C1. The van der Waals surface area contributed by atoms with E-state index in [0.29, 0.717) is 31.0 Å². The molecule has 3 N–H and O–H groups in total. The molecule has 2 fully saturated rings. The zero-order valence-electron chi connectivity index (χ0n) is 13.3. The highest BCUT2D eigenvalue weighted by Gasteiger charge is 2.45. The van der Waals surface area contributed by atoms with Crippen molar-refractivity contribution < 1.29 is 9.53 Å². The van der Waals surface area contributed by atoms with Gasteiger partial charge in [-0.15, -0.1) is 0 Å². The third-order valence-electron chi connectivity index (χ3n) is 5.38. The minimum absolute atomic E-state index is 0.0762. The molecule has 0 aromatic rings. The maximum absolute atomic E-state index is 12.6. The van der Waals surface area contributed by atoms with Crippen molar-refractivity contribution in [2.75, 3.05) is 13.2 Å². The van der Waals surface area contributed by atoms with Crippen LogP contribution >= 0.6 is 0 Å². The van der Waals surface area contributed by atoms with Crippen LogP contribution in [0.3, 0.4) is 0 Å². The van der Waals surface area contributed by atoms with Crippen molar-refractivity contribution >= 4 is 5.91 Å². The Morgan fingerprint density at radius 2 is 2.10 bits per heavy atom. The highest BCUT2D eigenvalue weighted by molar-refractivity contribution is 5.84. The van der Waals surface area contributed by atoms with Crippen LogP contribution < -0.4 is 11.1 Å². The van der Waals surface area contributed by atoms with E-state index in [1.54, 1.807) is 0 Å². The van der Waals surface area contributed by atoms with E-state index in [1.807, 2.05) is 6.92 Å². The lowest BCUT2D eigenvalue weighted by molar-refractivity contribution is -0.132. The van der Waals surface area contributed by atoms with E-state index in [4.69, 9.17) is 10.5 Å². The summed E-state index contributed by atoms with van der Waals surface area (Å²) < 4.78 is 5.39. The largest absolute Gasteiger partial charge is 0.379 e. The normalized spacial score (nSPS) is 41.9. The van der Waals surface area contributed by atoms with Crippen LogP contribution in [0.2, 0.25) is 0 Å². The second kappa shape index (κ2) is 6.02. The summed E-state index contributed by atoms with van der Waals surface area (Å²) in [6.07, 6.45) is 3.57. The van der Waals surface area contributed by atoms with Crippen LogP contribution in [0.1, 0.15) is 47.0 Å². The van der Waals surface area contributed by atoms with Crippen LogP contribution in [0.4, 0.5) is 0 Å². The molecule has 1 amide bonds. The zero-order chi connectivity index (χ0) is 14.9. The van der Waals surface area contributed by atoms with E-state index < -0.39 is 5.41 Å². The number of nitrogens with two attached hydrogens (primary N) is 1. The molecular weight excluding hydrogens is 252 g/mol. The summed E-state index contributed by atoms with van der Waals surface area (Å²) in [7, 11) is 0. The Bertz CT molecular complexity index is 358. The van der Waals surface area contributed by atoms with Gasteiger partial charge in [0.15, 0.2) is 0 Å². The average molecular weight is 282 g/mol. The number of ether oxygens (including phenoxy) is 1. The molecule has 0 aromatic carbocycles. The Hall–Kier alpha value is -0.610. The first-order chi connectivity index (χ1) is 9.34. The molecular formula is C16H30N2O2. The lowest BCUT2D eigenvalue weighted by atomic mass is 9.73. The van der Waals surface area contributed by atoms with Gasteiger partial charge in [0.1, 0.15) is 0 Å². The molecule has 20 heavy (non-hydrogen) atoms. The molecule has 1 aliphatic heterocycles. The van der Waals surface area contributed by atoms with Gasteiger partial charge in [0.2, 0.25) is 5.91 Å². The van der Waals surface area contributed by atoms with Crippen LogP contribution in [0.5, 0.6) is 0 Å². The molecule has 0 aromatic heterocycles. The molecule has 2 rings (SSSR count). The first-order valence-corrected chi connectivity index (χ1v) is 7.99. The van der Waals surface area contributed by atoms with Gasteiger partial charge >= 0.3 is 0 Å². The maximum Gasteiger partial charge on any atom is 0.230 e. The number of carbonyl (C=O) groups excluding carboxylic acids is 1. The summed E-state index contributed by atoms with van der Waals surface area (Å²) in [6.45, 7) is 9.64. The number of hydrogen-bond acceptors (Lipinski definition) is 3. The van der Waals surface area contributed by atoms with Crippen LogP contribution in [0, 0.1) is 23.2 Å². The fourth-order valence-electron chi connectivity index (χ4n) is 3.62. The number of rotatable bonds is 3. The Morgan fingerprint density at radius 3 is 2.65 bits per heavy atom. The third kappa shape index (κ3) is 3.01. The summed E-state index contributed by atoms with van der Waals surface area (Å²) in [5.41, 5.74) is 5.49. The molecule has 1 saturated heterocycles. The predicted molar refractivity (Wildman–Crippen MR) is 80.2 cm³/mol. The van der Waals surface area contributed by atoms with Crippen LogP contribution in [-0.2, 0) is 9.53 Å². The lowest BCUT2D eigenvalue weighted by Crippen LogP contribution is -2.55. The number of nitrogens with one attached hydrogen (secondary N) is 1. The molecule has 0 spiro atoms. The number of carbonyl (C=O) groups is 1. The summed E-state index contributed by atoms with van der Waals surface area (Å²) in [6, 6.07) is 0.0943. The average Bonchev–Trinajstić information content (AvgIpc) is 2.70. The van der Waals surface area contributed by atoms with E-state index in [-0.39, 0.29) is 18.0 Å². The molecule has 1 aliphatic carbocycles. The monoisotopic (exact) mass is 282 g/mol. The topological polar surface area (TPSA) is 64.3 Å². The molecule has 4 nitrogen and oxygen atoms in total. The standard InChI is InChI=1S/C16H30N2O2/c1-10(2)12-6-5-11(3)7-13(12)18-15(19)16(4)9-20-8-14(16)17/h10-14H,5-9,17H2,1-4H3,(H,18,19). The van der Waals surface area contributed by atoms with E-state index >= 15 is 0 Å². The van der Waals surface area contributed by atoms with Crippen molar-refractivity contribution in [3.63, 3.8) is 0 Å². The maximum atomic E-state index is 12.6. The van der Waals surface area contributed by atoms with Gasteiger partial charge in [0.25, 0.3) is 0 Å². The second-order valence-electron chi connectivity index (χ2n) is 7.45. The van der Waals surface area contributed by atoms with Crippen LogP contribution in [0.25, 0.3) is 0 Å². The van der Waals surface area contributed by atoms with Crippen molar-refractivity contribution in [2.24, 2.45) is 28.9 Å². The summed E-state index contributed by atoms with van der Waals surface area (Å²) in [5.74, 6) is 1.95. The fraction of sp³-hybridized carbons (Fsp3) is 0.938. The van der Waals surface area contributed by atoms with Gasteiger partial charge in [-0.25, -0.2) is 0 Å².